The van der Waals surface area contributed by atoms with Gasteiger partial charge in [-0.1, -0.05) is 30.9 Å². The van der Waals surface area contributed by atoms with Gasteiger partial charge in [0.15, 0.2) is 0 Å². The fourth-order valence-electron chi connectivity index (χ4n) is 1.70. The molecule has 5 nitrogen and oxygen atoms in total. The Morgan fingerprint density at radius 2 is 2.19 bits per heavy atom. The molecule has 1 atom stereocenters. The van der Waals surface area contributed by atoms with Gasteiger partial charge < -0.3 is 10.4 Å². The van der Waals surface area contributed by atoms with Gasteiger partial charge >= 0.3 is 5.97 Å². The van der Waals surface area contributed by atoms with Gasteiger partial charge in [0, 0.05) is 0 Å². The van der Waals surface area contributed by atoms with Crippen LogP contribution in [0.2, 0.25) is 5.02 Å². The van der Waals surface area contributed by atoms with Crippen LogP contribution in [0.1, 0.15) is 30.1 Å². The molecule has 6 heteroatoms. The summed E-state index contributed by atoms with van der Waals surface area (Å²) in [6, 6.07) is 3.94. The first-order valence-electron chi connectivity index (χ1n) is 6.50. The second kappa shape index (κ2) is 8.30. The van der Waals surface area contributed by atoms with E-state index in [1.165, 1.54) is 18.2 Å². The van der Waals surface area contributed by atoms with Crippen molar-refractivity contribution in [3.63, 3.8) is 0 Å². The summed E-state index contributed by atoms with van der Waals surface area (Å²) < 4.78 is 0. The molecule has 3 N–H and O–H groups in total. The van der Waals surface area contributed by atoms with Gasteiger partial charge in [0.05, 0.1) is 28.9 Å². The summed E-state index contributed by atoms with van der Waals surface area (Å²) in [6.07, 6.45) is 7.03. The van der Waals surface area contributed by atoms with E-state index in [1.807, 2.05) is 6.92 Å². The number of anilines is 1. The van der Waals surface area contributed by atoms with Crippen LogP contribution in [0.3, 0.4) is 0 Å². The number of hydrogen-bond acceptors (Lipinski definition) is 3. The summed E-state index contributed by atoms with van der Waals surface area (Å²) in [5.74, 6) is 1.14. The number of aromatic carboxylic acids is 1. The predicted octanol–water partition coefficient (Wildman–Crippen LogP) is 2.37. The average Bonchev–Trinajstić information content (AvgIpc) is 2.45. The third kappa shape index (κ3) is 5.46. The molecule has 0 bridgehead atoms. The molecule has 1 aromatic carbocycles. The van der Waals surface area contributed by atoms with Crippen molar-refractivity contribution in [3.8, 4) is 12.3 Å². The highest BCUT2D eigenvalue weighted by molar-refractivity contribution is 6.33. The molecule has 1 unspecified atom stereocenters. The van der Waals surface area contributed by atoms with E-state index in [0.29, 0.717) is 0 Å². The Morgan fingerprint density at radius 3 is 2.76 bits per heavy atom. The first-order valence-corrected chi connectivity index (χ1v) is 6.88. The topological polar surface area (TPSA) is 78.4 Å². The lowest BCUT2D eigenvalue weighted by atomic mass is 10.2. The number of nitrogens with one attached hydrogen (secondary N) is 2. The zero-order chi connectivity index (χ0) is 15.8. The van der Waals surface area contributed by atoms with Gasteiger partial charge in [-0.2, -0.15) is 0 Å². The van der Waals surface area contributed by atoms with Crippen molar-refractivity contribution in [1.82, 2.24) is 5.32 Å². The number of carbonyl (C=O) groups excluding carboxylic acids is 1. The monoisotopic (exact) mass is 308 g/mol. The average molecular weight is 309 g/mol. The molecule has 21 heavy (non-hydrogen) atoms. The SMILES string of the molecule is C#CC(CCC)NCC(=O)Nc1cc(C(=O)O)ccc1Cl. The Morgan fingerprint density at radius 1 is 1.48 bits per heavy atom. The third-order valence-corrected chi connectivity index (χ3v) is 3.10. The number of carboxylic acids is 1. The fraction of sp³-hybridized carbons (Fsp3) is 0.333. The van der Waals surface area contributed by atoms with E-state index in [4.69, 9.17) is 23.1 Å². The molecular weight excluding hydrogens is 292 g/mol. The first-order chi connectivity index (χ1) is 9.97. The second-order valence-corrected chi connectivity index (χ2v) is 4.84. The number of carbonyl (C=O) groups is 2. The Bertz CT molecular complexity index is 567. The summed E-state index contributed by atoms with van der Waals surface area (Å²) >= 11 is 5.92. The highest BCUT2D eigenvalue weighted by atomic mass is 35.5. The molecular formula is C15H17ClN2O3. The molecule has 0 saturated heterocycles. The molecule has 0 aliphatic carbocycles. The number of hydrogen-bond donors (Lipinski definition) is 3. The van der Waals surface area contributed by atoms with E-state index >= 15 is 0 Å². The number of terminal acetylenes is 1. The number of carboxylic acid groups (broad SMARTS) is 1. The van der Waals surface area contributed by atoms with Crippen LogP contribution in [0.4, 0.5) is 5.69 Å². The van der Waals surface area contributed by atoms with Crippen molar-refractivity contribution in [1.29, 1.82) is 0 Å². The fourth-order valence-corrected chi connectivity index (χ4v) is 1.86. The summed E-state index contributed by atoms with van der Waals surface area (Å²) in [7, 11) is 0. The van der Waals surface area contributed by atoms with E-state index in [2.05, 4.69) is 16.6 Å². The van der Waals surface area contributed by atoms with E-state index < -0.39 is 5.97 Å². The van der Waals surface area contributed by atoms with Crippen molar-refractivity contribution >= 4 is 29.2 Å². The smallest absolute Gasteiger partial charge is 0.335 e. The van der Waals surface area contributed by atoms with E-state index in [-0.39, 0.29) is 34.8 Å². The van der Waals surface area contributed by atoms with E-state index in [9.17, 15) is 9.59 Å². The second-order valence-electron chi connectivity index (χ2n) is 4.44. The molecule has 0 radical (unpaired) electrons. The molecule has 1 aromatic rings. The largest absolute Gasteiger partial charge is 0.478 e. The summed E-state index contributed by atoms with van der Waals surface area (Å²) in [5.41, 5.74) is 0.311. The number of amides is 1. The summed E-state index contributed by atoms with van der Waals surface area (Å²) in [5, 5.41) is 14.7. The van der Waals surface area contributed by atoms with Gasteiger partial charge in [-0.15, -0.1) is 6.42 Å². The molecule has 1 amide bonds. The minimum Gasteiger partial charge on any atom is -0.478 e. The van der Waals surface area contributed by atoms with Crippen molar-refractivity contribution in [2.24, 2.45) is 0 Å². The molecule has 0 aliphatic rings. The Labute approximate surface area is 128 Å². The lowest BCUT2D eigenvalue weighted by Gasteiger charge is -2.12. The van der Waals surface area contributed by atoms with Gasteiger partial charge in [0.1, 0.15) is 0 Å². The minimum atomic E-state index is -1.09. The molecule has 0 aromatic heterocycles. The van der Waals surface area contributed by atoms with Crippen molar-refractivity contribution < 1.29 is 14.7 Å². The summed E-state index contributed by atoms with van der Waals surface area (Å²) in [6.45, 7) is 2.03. The van der Waals surface area contributed by atoms with Crippen molar-refractivity contribution in [2.75, 3.05) is 11.9 Å². The van der Waals surface area contributed by atoms with Gasteiger partial charge in [-0.25, -0.2) is 4.79 Å². The maximum Gasteiger partial charge on any atom is 0.335 e. The molecule has 0 saturated carbocycles. The van der Waals surface area contributed by atoms with E-state index in [0.717, 1.165) is 12.8 Å². The zero-order valence-electron chi connectivity index (χ0n) is 11.6. The van der Waals surface area contributed by atoms with Crippen molar-refractivity contribution in [2.45, 2.75) is 25.8 Å². The van der Waals surface area contributed by atoms with Crippen LogP contribution in [-0.2, 0) is 4.79 Å². The van der Waals surface area contributed by atoms with Crippen LogP contribution in [0.5, 0.6) is 0 Å². The predicted molar refractivity (Wildman–Crippen MR) is 82.6 cm³/mol. The zero-order valence-corrected chi connectivity index (χ0v) is 12.4. The van der Waals surface area contributed by atoms with Crippen LogP contribution >= 0.6 is 11.6 Å². The van der Waals surface area contributed by atoms with Gasteiger partial charge in [0.2, 0.25) is 5.91 Å². The lowest BCUT2D eigenvalue weighted by Crippen LogP contribution is -2.35. The van der Waals surface area contributed by atoms with Crippen LogP contribution in [-0.4, -0.2) is 29.6 Å². The Hall–Kier alpha value is -2.03. The molecule has 0 aliphatic heterocycles. The molecule has 0 fully saturated rings. The quantitative estimate of drug-likeness (QED) is 0.676. The van der Waals surface area contributed by atoms with Crippen LogP contribution in [0.25, 0.3) is 0 Å². The van der Waals surface area contributed by atoms with Gasteiger partial charge in [-0.3, -0.25) is 10.1 Å². The maximum absolute atomic E-state index is 11.8. The van der Waals surface area contributed by atoms with Gasteiger partial charge in [-0.05, 0) is 24.6 Å². The standard InChI is InChI=1S/C15H17ClN2O3/c1-3-5-11(4-2)17-9-14(19)18-13-8-10(15(20)21)6-7-12(13)16/h2,6-8,11,17H,3,5,9H2,1H3,(H,18,19)(H,20,21). The highest BCUT2D eigenvalue weighted by Gasteiger charge is 2.11. The van der Waals surface area contributed by atoms with Crippen LogP contribution in [0, 0.1) is 12.3 Å². The molecule has 112 valence electrons. The first kappa shape index (κ1) is 17.0. The Balaban J connectivity index is 2.65. The third-order valence-electron chi connectivity index (χ3n) is 2.77. The number of halogens is 1. The van der Waals surface area contributed by atoms with Crippen LogP contribution < -0.4 is 10.6 Å². The Kier molecular flexibility index (Phi) is 6.73. The van der Waals surface area contributed by atoms with Gasteiger partial charge in [0.25, 0.3) is 0 Å². The molecule has 0 heterocycles. The maximum atomic E-state index is 11.8. The molecule has 0 spiro atoms. The number of benzene rings is 1. The van der Waals surface area contributed by atoms with Crippen LogP contribution in [0.15, 0.2) is 18.2 Å². The number of rotatable bonds is 7. The normalized spacial score (nSPS) is 11.5. The van der Waals surface area contributed by atoms with E-state index in [1.54, 1.807) is 0 Å². The molecule has 1 rings (SSSR count). The summed E-state index contributed by atoms with van der Waals surface area (Å²) in [4.78, 5) is 22.7. The lowest BCUT2D eigenvalue weighted by molar-refractivity contribution is -0.115. The van der Waals surface area contributed by atoms with Crippen molar-refractivity contribution in [3.05, 3.63) is 28.8 Å². The minimum absolute atomic E-state index is 0.0303. The highest BCUT2D eigenvalue weighted by Crippen LogP contribution is 2.22.